The minimum absolute atomic E-state index is 0. The molecule has 4 nitrogen and oxygen atoms in total. The summed E-state index contributed by atoms with van der Waals surface area (Å²) in [5.41, 5.74) is 11.3. The average Bonchev–Trinajstić information content (AvgIpc) is 1.86. The third-order valence-corrected chi connectivity index (χ3v) is 2.36. The summed E-state index contributed by atoms with van der Waals surface area (Å²) in [5, 5.41) is 0. The van der Waals surface area contributed by atoms with E-state index in [9.17, 15) is 0 Å². The van der Waals surface area contributed by atoms with Gasteiger partial charge in [0, 0.05) is 5.54 Å². The highest BCUT2D eigenvalue weighted by Gasteiger charge is 2.19. The highest BCUT2D eigenvalue weighted by molar-refractivity contribution is 4.78. The van der Waals surface area contributed by atoms with Gasteiger partial charge in [0.1, 0.15) is 0 Å². The van der Waals surface area contributed by atoms with Crippen molar-refractivity contribution in [2.45, 2.75) is 45.6 Å². The van der Waals surface area contributed by atoms with E-state index in [1.807, 2.05) is 0 Å². The first-order valence-corrected chi connectivity index (χ1v) is 4.47. The summed E-state index contributed by atoms with van der Waals surface area (Å²) in [6.07, 6.45) is 3.53. The Morgan fingerprint density at radius 3 is 1.92 bits per heavy atom. The van der Waals surface area contributed by atoms with Crippen LogP contribution in [0.4, 0.5) is 0 Å². The van der Waals surface area contributed by atoms with Crippen LogP contribution in [0.5, 0.6) is 0 Å². The Labute approximate surface area is 82.6 Å². The molecule has 0 radical (unpaired) electrons. The number of rotatable bonds is 5. The van der Waals surface area contributed by atoms with Crippen molar-refractivity contribution >= 4 is 0 Å². The van der Waals surface area contributed by atoms with Crippen molar-refractivity contribution in [3.63, 3.8) is 0 Å². The molecular weight excluding hydrogens is 164 g/mol. The molecule has 13 heavy (non-hydrogen) atoms. The van der Waals surface area contributed by atoms with Gasteiger partial charge in [0.05, 0.1) is 0 Å². The van der Waals surface area contributed by atoms with E-state index >= 15 is 0 Å². The normalized spacial score (nSPS) is 12.7. The molecule has 0 aliphatic heterocycles. The predicted octanol–water partition coefficient (Wildman–Crippen LogP) is 1.81. The van der Waals surface area contributed by atoms with Crippen molar-refractivity contribution in [3.8, 4) is 0 Å². The molecule has 4 heteroatoms. The van der Waals surface area contributed by atoms with E-state index < -0.39 is 0 Å². The Hall–Kier alpha value is -0.160. The van der Waals surface area contributed by atoms with Gasteiger partial charge in [-0.3, -0.25) is 0 Å². The van der Waals surface area contributed by atoms with Crippen LogP contribution in [-0.4, -0.2) is 12.1 Å². The largest absolute Gasteiger partial charge is 0.344 e. The molecule has 0 aromatic carbocycles. The first kappa shape index (κ1) is 18.6. The Bertz CT molecular complexity index is 98.3. The van der Waals surface area contributed by atoms with Gasteiger partial charge in [0.2, 0.25) is 0 Å². The first-order chi connectivity index (χ1) is 4.98. The van der Waals surface area contributed by atoms with E-state index in [4.69, 9.17) is 11.5 Å². The average molecular weight is 192 g/mol. The van der Waals surface area contributed by atoms with E-state index in [1.165, 1.54) is 12.8 Å². The van der Waals surface area contributed by atoms with Crippen molar-refractivity contribution in [2.75, 3.05) is 6.54 Å². The predicted molar refractivity (Wildman–Crippen MR) is 60.4 cm³/mol. The van der Waals surface area contributed by atoms with Crippen LogP contribution in [0.2, 0.25) is 0 Å². The third kappa shape index (κ3) is 9.76. The van der Waals surface area contributed by atoms with Crippen LogP contribution >= 0.6 is 0 Å². The second-order valence-corrected chi connectivity index (χ2v) is 4.01. The molecule has 0 aliphatic carbocycles. The van der Waals surface area contributed by atoms with Gasteiger partial charge in [-0.1, -0.05) is 13.3 Å². The molecule has 10 N–H and O–H groups in total. The molecule has 0 spiro atoms. The lowest BCUT2D eigenvalue weighted by atomic mass is 9.86. The molecule has 0 aliphatic rings. The van der Waals surface area contributed by atoms with Gasteiger partial charge in [-0.2, -0.15) is 0 Å². The highest BCUT2D eigenvalue weighted by Crippen LogP contribution is 2.18. The molecule has 0 saturated heterocycles. The maximum atomic E-state index is 5.93. The zero-order valence-corrected chi connectivity index (χ0v) is 9.47. The van der Waals surface area contributed by atoms with Crippen LogP contribution in [0, 0.1) is 5.92 Å². The Morgan fingerprint density at radius 1 is 1.15 bits per heavy atom. The van der Waals surface area contributed by atoms with Gasteiger partial charge in [0.15, 0.2) is 0 Å². The van der Waals surface area contributed by atoms with Crippen LogP contribution in [0.25, 0.3) is 0 Å². The Kier molecular flexibility index (Phi) is 12.1. The van der Waals surface area contributed by atoms with Crippen LogP contribution in [0.3, 0.4) is 0 Å². The summed E-state index contributed by atoms with van der Waals surface area (Å²) in [6.45, 7) is 7.18. The van der Waals surface area contributed by atoms with Gasteiger partial charge in [-0.15, -0.1) is 0 Å². The molecule has 0 heterocycles. The second kappa shape index (κ2) is 8.44. The standard InChI is InChI=1S/C9H22N2.2H3N/c1-8(9(2,3)11)6-4-5-7-10;;/h8H,4-7,10-11H2,1-3H3;2*1H3. The number of hydrogen-bond donors (Lipinski definition) is 4. The summed E-state index contributed by atoms with van der Waals surface area (Å²) >= 11 is 0. The third-order valence-electron chi connectivity index (χ3n) is 2.36. The number of unbranched alkanes of at least 4 members (excludes halogenated alkanes) is 1. The fourth-order valence-corrected chi connectivity index (χ4v) is 0.967. The molecule has 84 valence electrons. The summed E-state index contributed by atoms with van der Waals surface area (Å²) < 4.78 is 0. The molecule has 0 fully saturated rings. The number of hydrogen-bond acceptors (Lipinski definition) is 4. The monoisotopic (exact) mass is 192 g/mol. The lowest BCUT2D eigenvalue weighted by Gasteiger charge is -2.27. The topological polar surface area (TPSA) is 122 Å². The smallest absolute Gasteiger partial charge is 0.0123 e. The highest BCUT2D eigenvalue weighted by atomic mass is 14.7. The molecule has 0 rings (SSSR count). The maximum absolute atomic E-state index is 5.93. The van der Waals surface area contributed by atoms with E-state index in [0.29, 0.717) is 5.92 Å². The lowest BCUT2D eigenvalue weighted by Crippen LogP contribution is -2.39. The maximum Gasteiger partial charge on any atom is 0.0123 e. The van der Waals surface area contributed by atoms with Crippen molar-refractivity contribution in [3.05, 3.63) is 0 Å². The SMILES string of the molecule is CC(CCCCN)C(C)(C)N.N.N. The Morgan fingerprint density at radius 2 is 1.62 bits per heavy atom. The molecule has 1 unspecified atom stereocenters. The fraction of sp³-hybridized carbons (Fsp3) is 1.00. The van der Waals surface area contributed by atoms with Crippen molar-refractivity contribution in [1.29, 1.82) is 0 Å². The van der Waals surface area contributed by atoms with E-state index in [1.54, 1.807) is 0 Å². The minimum atomic E-state index is -0.0331. The van der Waals surface area contributed by atoms with Gasteiger partial charge >= 0.3 is 0 Å². The zero-order chi connectivity index (χ0) is 8.91. The van der Waals surface area contributed by atoms with Gasteiger partial charge in [0.25, 0.3) is 0 Å². The quantitative estimate of drug-likeness (QED) is 0.496. The van der Waals surface area contributed by atoms with Crippen molar-refractivity contribution in [2.24, 2.45) is 17.4 Å². The second-order valence-electron chi connectivity index (χ2n) is 4.01. The van der Waals surface area contributed by atoms with E-state index in [0.717, 1.165) is 13.0 Å². The fourth-order valence-electron chi connectivity index (χ4n) is 0.967. The van der Waals surface area contributed by atoms with Crippen LogP contribution in [0.1, 0.15) is 40.0 Å². The summed E-state index contributed by atoms with van der Waals surface area (Å²) in [4.78, 5) is 0. The summed E-state index contributed by atoms with van der Waals surface area (Å²) in [7, 11) is 0. The van der Waals surface area contributed by atoms with Crippen LogP contribution in [0.15, 0.2) is 0 Å². The molecule has 0 bridgehead atoms. The van der Waals surface area contributed by atoms with Crippen LogP contribution in [-0.2, 0) is 0 Å². The molecule has 0 aromatic rings. The Balaban J connectivity index is -0.000000500. The van der Waals surface area contributed by atoms with E-state index in [-0.39, 0.29) is 17.8 Å². The van der Waals surface area contributed by atoms with Gasteiger partial charge < -0.3 is 23.8 Å². The molecule has 0 saturated carbocycles. The minimum Gasteiger partial charge on any atom is -0.344 e. The van der Waals surface area contributed by atoms with Gasteiger partial charge in [-0.25, -0.2) is 0 Å². The van der Waals surface area contributed by atoms with Crippen LogP contribution < -0.4 is 23.8 Å². The number of nitrogens with two attached hydrogens (primary N) is 2. The van der Waals surface area contributed by atoms with E-state index in [2.05, 4.69) is 20.8 Å². The first-order valence-electron chi connectivity index (χ1n) is 4.47. The van der Waals surface area contributed by atoms with Crippen molar-refractivity contribution in [1.82, 2.24) is 12.3 Å². The molecule has 0 amide bonds. The molecule has 1 atom stereocenters. The van der Waals surface area contributed by atoms with Crippen molar-refractivity contribution < 1.29 is 0 Å². The summed E-state index contributed by atoms with van der Waals surface area (Å²) in [5.74, 6) is 0.592. The lowest BCUT2D eigenvalue weighted by molar-refractivity contribution is 0.318. The zero-order valence-electron chi connectivity index (χ0n) is 9.47. The molecular formula is C9H28N4. The molecule has 0 aromatic heterocycles. The summed E-state index contributed by atoms with van der Waals surface area (Å²) in [6, 6.07) is 0. The van der Waals surface area contributed by atoms with Gasteiger partial charge in [-0.05, 0) is 39.2 Å².